The summed E-state index contributed by atoms with van der Waals surface area (Å²) < 4.78 is 15.6. The van der Waals surface area contributed by atoms with Gasteiger partial charge >= 0.3 is 0 Å². The summed E-state index contributed by atoms with van der Waals surface area (Å²) in [7, 11) is 0. The van der Waals surface area contributed by atoms with Crippen molar-refractivity contribution in [3.63, 3.8) is 0 Å². The highest BCUT2D eigenvalue weighted by Crippen LogP contribution is 2.08. The maximum atomic E-state index is 13.7. The van der Waals surface area contributed by atoms with Gasteiger partial charge in [0.15, 0.2) is 5.96 Å². The molecule has 0 radical (unpaired) electrons. The van der Waals surface area contributed by atoms with Gasteiger partial charge in [0.2, 0.25) is 0 Å². The first-order valence-corrected chi connectivity index (χ1v) is 9.11. The minimum atomic E-state index is -0.231. The third-order valence-electron chi connectivity index (χ3n) is 4.07. The van der Waals surface area contributed by atoms with Gasteiger partial charge in [-0.3, -0.25) is 0 Å². The van der Waals surface area contributed by atoms with Crippen molar-refractivity contribution in [2.45, 2.75) is 19.9 Å². The Labute approximate surface area is 182 Å². The molecule has 2 aromatic carbocycles. The van der Waals surface area contributed by atoms with Gasteiger partial charge in [-0.25, -0.2) is 14.1 Å². The van der Waals surface area contributed by atoms with E-state index in [1.807, 2.05) is 60.4 Å². The van der Waals surface area contributed by atoms with Crippen LogP contribution in [0.15, 0.2) is 72.0 Å². The fourth-order valence-corrected chi connectivity index (χ4v) is 2.67. The van der Waals surface area contributed by atoms with Crippen LogP contribution in [0.3, 0.4) is 0 Å². The molecule has 0 aliphatic carbocycles. The van der Waals surface area contributed by atoms with Gasteiger partial charge < -0.3 is 10.6 Å². The standard InChI is InChI=1S/C21H24FN5.HI/c1-2-23-21(25-15-18-8-6-7-11-20(18)22)24-13-12-17-14-26-27(16-17)19-9-4-3-5-10-19;/h3-11,14,16H,2,12-13,15H2,1H3,(H2,23,24,25);1H. The summed E-state index contributed by atoms with van der Waals surface area (Å²) in [6, 6.07) is 16.7. The Kier molecular flexibility index (Phi) is 8.93. The number of hydrogen-bond donors (Lipinski definition) is 2. The SMILES string of the molecule is CCNC(=NCc1ccccc1F)NCCc1cnn(-c2ccccc2)c1.I. The molecular formula is C21H25FIN5. The zero-order valence-corrected chi connectivity index (χ0v) is 18.1. The van der Waals surface area contributed by atoms with Crippen molar-refractivity contribution in [1.29, 1.82) is 0 Å². The maximum absolute atomic E-state index is 13.7. The van der Waals surface area contributed by atoms with Crippen LogP contribution in [-0.4, -0.2) is 28.8 Å². The second kappa shape index (κ2) is 11.4. The Bertz CT molecular complexity index is 879. The van der Waals surface area contributed by atoms with E-state index in [1.54, 1.807) is 12.1 Å². The van der Waals surface area contributed by atoms with Crippen molar-refractivity contribution < 1.29 is 4.39 Å². The number of aromatic nitrogens is 2. The van der Waals surface area contributed by atoms with Crippen LogP contribution in [0.4, 0.5) is 4.39 Å². The van der Waals surface area contributed by atoms with Crippen LogP contribution in [-0.2, 0) is 13.0 Å². The van der Waals surface area contributed by atoms with E-state index in [0.717, 1.165) is 24.2 Å². The lowest BCUT2D eigenvalue weighted by Gasteiger charge is -2.11. The molecule has 0 fully saturated rings. The third-order valence-corrected chi connectivity index (χ3v) is 4.07. The highest BCUT2D eigenvalue weighted by atomic mass is 127. The minimum absolute atomic E-state index is 0. The molecule has 148 valence electrons. The van der Waals surface area contributed by atoms with Gasteiger partial charge in [0.1, 0.15) is 5.82 Å². The molecule has 0 spiro atoms. The van der Waals surface area contributed by atoms with E-state index in [1.165, 1.54) is 6.07 Å². The molecule has 1 aromatic heterocycles. The summed E-state index contributed by atoms with van der Waals surface area (Å²) in [5, 5.41) is 10.9. The Balaban J connectivity index is 0.00000280. The molecule has 0 aliphatic rings. The molecule has 0 atom stereocenters. The summed E-state index contributed by atoms with van der Waals surface area (Å²) in [5.41, 5.74) is 2.76. The molecule has 3 aromatic rings. The van der Waals surface area contributed by atoms with E-state index < -0.39 is 0 Å². The Morgan fingerprint density at radius 3 is 2.57 bits per heavy atom. The van der Waals surface area contributed by atoms with Gasteiger partial charge in [-0.05, 0) is 37.1 Å². The highest BCUT2D eigenvalue weighted by Gasteiger charge is 2.03. The van der Waals surface area contributed by atoms with Gasteiger partial charge in [-0.1, -0.05) is 36.4 Å². The molecule has 1 heterocycles. The predicted molar refractivity (Wildman–Crippen MR) is 122 cm³/mol. The quantitative estimate of drug-likeness (QED) is 0.298. The largest absolute Gasteiger partial charge is 0.357 e. The molecule has 0 unspecified atom stereocenters. The zero-order chi connectivity index (χ0) is 18.9. The van der Waals surface area contributed by atoms with Gasteiger partial charge in [-0.15, -0.1) is 24.0 Å². The van der Waals surface area contributed by atoms with Gasteiger partial charge in [-0.2, -0.15) is 5.10 Å². The van der Waals surface area contributed by atoms with E-state index in [-0.39, 0.29) is 29.8 Å². The first kappa shape index (κ1) is 21.9. The lowest BCUT2D eigenvalue weighted by molar-refractivity contribution is 0.610. The van der Waals surface area contributed by atoms with Gasteiger partial charge in [0, 0.05) is 24.8 Å². The fraction of sp³-hybridized carbons (Fsp3) is 0.238. The number of benzene rings is 2. The monoisotopic (exact) mass is 493 g/mol. The minimum Gasteiger partial charge on any atom is -0.357 e. The molecule has 7 heteroatoms. The molecule has 28 heavy (non-hydrogen) atoms. The van der Waals surface area contributed by atoms with Crippen LogP contribution in [0.5, 0.6) is 0 Å². The second-order valence-corrected chi connectivity index (χ2v) is 6.09. The van der Waals surface area contributed by atoms with Crippen LogP contribution in [0, 0.1) is 5.82 Å². The Hall–Kier alpha value is -2.42. The topological polar surface area (TPSA) is 54.2 Å². The number of para-hydroxylation sites is 1. The molecule has 2 N–H and O–H groups in total. The summed E-state index contributed by atoms with van der Waals surface area (Å²) in [6.07, 6.45) is 4.72. The number of halogens is 2. The van der Waals surface area contributed by atoms with Crippen molar-refractivity contribution in [3.8, 4) is 5.69 Å². The number of nitrogens with one attached hydrogen (secondary N) is 2. The zero-order valence-electron chi connectivity index (χ0n) is 15.8. The average Bonchev–Trinajstić information content (AvgIpc) is 3.17. The Morgan fingerprint density at radius 1 is 1.07 bits per heavy atom. The van der Waals surface area contributed by atoms with Crippen LogP contribution >= 0.6 is 24.0 Å². The van der Waals surface area contributed by atoms with Gasteiger partial charge in [0.05, 0.1) is 18.4 Å². The molecule has 0 saturated heterocycles. The number of guanidine groups is 1. The van der Waals surface area contributed by atoms with E-state index in [2.05, 4.69) is 20.7 Å². The molecule has 0 aliphatic heterocycles. The Morgan fingerprint density at radius 2 is 1.82 bits per heavy atom. The van der Waals surface area contributed by atoms with Crippen LogP contribution in [0.25, 0.3) is 5.69 Å². The van der Waals surface area contributed by atoms with Gasteiger partial charge in [0.25, 0.3) is 0 Å². The number of aliphatic imine (C=N–C) groups is 1. The molecule has 3 rings (SSSR count). The van der Waals surface area contributed by atoms with Crippen molar-refractivity contribution in [1.82, 2.24) is 20.4 Å². The van der Waals surface area contributed by atoms with E-state index >= 15 is 0 Å². The van der Waals surface area contributed by atoms with Crippen molar-refractivity contribution in [2.24, 2.45) is 4.99 Å². The third kappa shape index (κ3) is 6.33. The average molecular weight is 493 g/mol. The molecule has 5 nitrogen and oxygen atoms in total. The van der Waals surface area contributed by atoms with Crippen molar-refractivity contribution in [2.75, 3.05) is 13.1 Å². The molecular weight excluding hydrogens is 468 g/mol. The summed E-state index contributed by atoms with van der Waals surface area (Å²) in [5.74, 6) is 0.446. The highest BCUT2D eigenvalue weighted by molar-refractivity contribution is 14.0. The van der Waals surface area contributed by atoms with Crippen LogP contribution in [0.2, 0.25) is 0 Å². The van der Waals surface area contributed by atoms with Crippen LogP contribution in [0.1, 0.15) is 18.1 Å². The predicted octanol–water partition coefficient (Wildman–Crippen LogP) is 3.93. The lowest BCUT2D eigenvalue weighted by Crippen LogP contribution is -2.38. The molecule has 0 amide bonds. The normalized spacial score (nSPS) is 11.0. The maximum Gasteiger partial charge on any atom is 0.191 e. The van der Waals surface area contributed by atoms with Crippen molar-refractivity contribution >= 4 is 29.9 Å². The van der Waals surface area contributed by atoms with Crippen LogP contribution < -0.4 is 10.6 Å². The number of nitrogens with zero attached hydrogens (tertiary/aromatic N) is 3. The molecule has 0 bridgehead atoms. The lowest BCUT2D eigenvalue weighted by atomic mass is 10.2. The fourth-order valence-electron chi connectivity index (χ4n) is 2.67. The number of rotatable bonds is 7. The summed E-state index contributed by atoms with van der Waals surface area (Å²) >= 11 is 0. The number of hydrogen-bond acceptors (Lipinski definition) is 2. The van der Waals surface area contributed by atoms with E-state index in [4.69, 9.17) is 0 Å². The first-order valence-electron chi connectivity index (χ1n) is 9.11. The summed E-state index contributed by atoms with van der Waals surface area (Å²) in [6.45, 7) is 3.76. The second-order valence-electron chi connectivity index (χ2n) is 6.09. The first-order chi connectivity index (χ1) is 13.3. The molecule has 0 saturated carbocycles. The van der Waals surface area contributed by atoms with E-state index in [9.17, 15) is 4.39 Å². The smallest absolute Gasteiger partial charge is 0.191 e. The summed E-state index contributed by atoms with van der Waals surface area (Å²) in [4.78, 5) is 4.46. The van der Waals surface area contributed by atoms with E-state index in [0.29, 0.717) is 24.6 Å². The van der Waals surface area contributed by atoms with Crippen molar-refractivity contribution in [3.05, 3.63) is 83.9 Å².